The van der Waals surface area contributed by atoms with E-state index in [1.54, 1.807) is 4.68 Å². The number of carbonyl (C=O) groups is 1. The first-order valence-electron chi connectivity index (χ1n) is 8.73. The van der Waals surface area contributed by atoms with Crippen LogP contribution in [0.1, 0.15) is 46.8 Å². The van der Waals surface area contributed by atoms with E-state index in [4.69, 9.17) is 11.6 Å². The molecular weight excluding hydrogens is 397 g/mol. The van der Waals surface area contributed by atoms with E-state index < -0.39 is 22.7 Å². The SMILES string of the molecule is CC1Cc2c(nnn2C2CCN=N2)CN1C(=O)c1cccc(C(F)(F)F)c1Cl. The van der Waals surface area contributed by atoms with E-state index in [1.165, 1.54) is 17.0 Å². The van der Waals surface area contributed by atoms with Gasteiger partial charge in [-0.15, -0.1) is 5.10 Å². The second-order valence-corrected chi connectivity index (χ2v) is 7.21. The molecule has 1 aromatic heterocycles. The van der Waals surface area contributed by atoms with Crippen LogP contribution in [-0.2, 0) is 19.1 Å². The topological polar surface area (TPSA) is 75.7 Å². The van der Waals surface area contributed by atoms with Gasteiger partial charge in [-0.25, -0.2) is 4.68 Å². The number of amides is 1. The number of aromatic nitrogens is 3. The van der Waals surface area contributed by atoms with Crippen LogP contribution < -0.4 is 0 Å². The van der Waals surface area contributed by atoms with Gasteiger partial charge in [-0.2, -0.15) is 23.4 Å². The Morgan fingerprint density at radius 2 is 2.11 bits per heavy atom. The summed E-state index contributed by atoms with van der Waals surface area (Å²) in [7, 11) is 0. The minimum atomic E-state index is -4.63. The summed E-state index contributed by atoms with van der Waals surface area (Å²) in [5.41, 5.74) is 0.279. The summed E-state index contributed by atoms with van der Waals surface area (Å²) in [4.78, 5) is 14.4. The maximum absolute atomic E-state index is 13.1. The Labute approximate surface area is 163 Å². The maximum atomic E-state index is 13.1. The van der Waals surface area contributed by atoms with Crippen LogP contribution in [0.3, 0.4) is 0 Å². The summed E-state index contributed by atoms with van der Waals surface area (Å²) in [6.45, 7) is 2.61. The fourth-order valence-corrected chi connectivity index (χ4v) is 3.84. The minimum Gasteiger partial charge on any atom is -0.329 e. The first-order valence-corrected chi connectivity index (χ1v) is 9.11. The molecule has 0 aliphatic carbocycles. The lowest BCUT2D eigenvalue weighted by Gasteiger charge is -2.33. The number of hydrogen-bond acceptors (Lipinski definition) is 5. The number of fused-ring (bicyclic) bond motifs is 1. The van der Waals surface area contributed by atoms with Crippen molar-refractivity contribution in [3.63, 3.8) is 0 Å². The monoisotopic (exact) mass is 412 g/mol. The molecule has 4 rings (SSSR count). The van der Waals surface area contributed by atoms with Crippen LogP contribution in [0.15, 0.2) is 28.4 Å². The molecule has 1 amide bonds. The molecule has 28 heavy (non-hydrogen) atoms. The van der Waals surface area contributed by atoms with Crippen LogP contribution in [-0.4, -0.2) is 38.4 Å². The first-order chi connectivity index (χ1) is 13.3. The Bertz CT molecular complexity index is 957. The summed E-state index contributed by atoms with van der Waals surface area (Å²) in [5, 5.41) is 15.8. The molecule has 0 fully saturated rings. The molecular formula is C17H16ClF3N6O. The van der Waals surface area contributed by atoms with Crippen LogP contribution >= 0.6 is 11.6 Å². The van der Waals surface area contributed by atoms with E-state index in [2.05, 4.69) is 20.5 Å². The Hall–Kier alpha value is -2.49. The summed E-state index contributed by atoms with van der Waals surface area (Å²) in [6, 6.07) is 3.08. The number of azo groups is 1. The summed E-state index contributed by atoms with van der Waals surface area (Å²) < 4.78 is 41.1. The summed E-state index contributed by atoms with van der Waals surface area (Å²) in [6.07, 6.45) is -3.61. The van der Waals surface area contributed by atoms with Gasteiger partial charge in [0.25, 0.3) is 5.91 Å². The minimum absolute atomic E-state index is 0.145. The molecule has 3 heterocycles. The highest BCUT2D eigenvalue weighted by Crippen LogP contribution is 2.37. The third-order valence-electron chi connectivity index (χ3n) is 4.99. The summed E-state index contributed by atoms with van der Waals surface area (Å²) in [5.74, 6) is -0.565. The van der Waals surface area contributed by atoms with Gasteiger partial charge < -0.3 is 4.90 Å². The predicted molar refractivity (Wildman–Crippen MR) is 92.9 cm³/mol. The van der Waals surface area contributed by atoms with Gasteiger partial charge in [0.2, 0.25) is 0 Å². The molecule has 0 N–H and O–H groups in total. The van der Waals surface area contributed by atoms with E-state index in [0.717, 1.165) is 18.2 Å². The maximum Gasteiger partial charge on any atom is 0.417 e. The van der Waals surface area contributed by atoms with Crippen molar-refractivity contribution < 1.29 is 18.0 Å². The molecule has 0 bridgehead atoms. The molecule has 11 heteroatoms. The highest BCUT2D eigenvalue weighted by atomic mass is 35.5. The second-order valence-electron chi connectivity index (χ2n) is 6.83. The molecule has 2 atom stereocenters. The molecule has 0 radical (unpaired) electrons. The zero-order chi connectivity index (χ0) is 20.1. The largest absolute Gasteiger partial charge is 0.417 e. The van der Waals surface area contributed by atoms with Crippen LogP contribution in [0.5, 0.6) is 0 Å². The fourth-order valence-electron chi connectivity index (χ4n) is 3.52. The number of hydrogen-bond donors (Lipinski definition) is 0. The third-order valence-corrected chi connectivity index (χ3v) is 5.40. The highest BCUT2D eigenvalue weighted by Gasteiger charge is 2.37. The summed E-state index contributed by atoms with van der Waals surface area (Å²) >= 11 is 5.92. The smallest absolute Gasteiger partial charge is 0.329 e. The van der Waals surface area contributed by atoms with E-state index in [1.807, 2.05) is 6.92 Å². The van der Waals surface area contributed by atoms with Crippen LogP contribution in [0.25, 0.3) is 0 Å². The van der Waals surface area contributed by atoms with Crippen LogP contribution in [0.2, 0.25) is 5.02 Å². The van der Waals surface area contributed by atoms with Crippen molar-refractivity contribution in [3.05, 3.63) is 45.7 Å². The average Bonchev–Trinajstić information content (AvgIpc) is 3.28. The van der Waals surface area contributed by atoms with Crippen molar-refractivity contribution in [1.82, 2.24) is 19.9 Å². The molecule has 2 aliphatic rings. The van der Waals surface area contributed by atoms with Gasteiger partial charge in [0.1, 0.15) is 5.69 Å². The van der Waals surface area contributed by atoms with E-state index in [0.29, 0.717) is 18.7 Å². The Morgan fingerprint density at radius 3 is 2.79 bits per heavy atom. The Balaban J connectivity index is 1.63. The molecule has 2 aliphatic heterocycles. The third kappa shape index (κ3) is 3.15. The van der Waals surface area contributed by atoms with Crippen molar-refractivity contribution in [3.8, 4) is 0 Å². The molecule has 0 saturated heterocycles. The predicted octanol–water partition coefficient (Wildman–Crippen LogP) is 3.89. The number of halogens is 4. The van der Waals surface area contributed by atoms with Gasteiger partial charge in [0, 0.05) is 18.9 Å². The Morgan fingerprint density at radius 1 is 1.32 bits per heavy atom. The van der Waals surface area contributed by atoms with Gasteiger partial charge in [-0.1, -0.05) is 22.9 Å². The molecule has 0 spiro atoms. The van der Waals surface area contributed by atoms with Gasteiger partial charge in [-0.05, 0) is 19.1 Å². The number of carbonyl (C=O) groups excluding carboxylic acids is 1. The van der Waals surface area contributed by atoms with Crippen molar-refractivity contribution in [2.24, 2.45) is 10.2 Å². The van der Waals surface area contributed by atoms with Crippen LogP contribution in [0.4, 0.5) is 13.2 Å². The molecule has 1 aromatic carbocycles. The molecule has 7 nitrogen and oxygen atoms in total. The van der Waals surface area contributed by atoms with Gasteiger partial charge in [-0.3, -0.25) is 4.79 Å². The molecule has 148 valence electrons. The lowest BCUT2D eigenvalue weighted by atomic mass is 10.0. The standard InChI is InChI=1S/C17H16ClF3N6O/c1-9-7-13-12(23-25-27(13)14-5-6-22-24-14)8-26(9)16(28)10-3-2-4-11(15(10)18)17(19,20)21/h2-4,9,14H,5-8H2,1H3. The van der Waals surface area contributed by atoms with Crippen LogP contribution in [0, 0.1) is 0 Å². The quantitative estimate of drug-likeness (QED) is 0.750. The number of benzene rings is 1. The zero-order valence-corrected chi connectivity index (χ0v) is 15.6. The van der Waals surface area contributed by atoms with Crippen molar-refractivity contribution >= 4 is 17.5 Å². The van der Waals surface area contributed by atoms with E-state index >= 15 is 0 Å². The molecule has 0 saturated carbocycles. The first kappa shape index (κ1) is 18.9. The number of alkyl halides is 3. The Kier molecular flexibility index (Phi) is 4.60. The lowest BCUT2D eigenvalue weighted by Crippen LogP contribution is -2.43. The van der Waals surface area contributed by atoms with Crippen molar-refractivity contribution in [1.29, 1.82) is 0 Å². The lowest BCUT2D eigenvalue weighted by molar-refractivity contribution is -0.137. The highest BCUT2D eigenvalue weighted by molar-refractivity contribution is 6.34. The second kappa shape index (κ2) is 6.84. The van der Waals surface area contributed by atoms with E-state index in [-0.39, 0.29) is 24.3 Å². The van der Waals surface area contributed by atoms with Gasteiger partial charge >= 0.3 is 6.18 Å². The van der Waals surface area contributed by atoms with Gasteiger partial charge in [0.15, 0.2) is 6.17 Å². The normalized spacial score (nSPS) is 21.8. The average molecular weight is 413 g/mol. The fraction of sp³-hybridized carbons (Fsp3) is 0.471. The molecule has 2 unspecified atom stereocenters. The number of rotatable bonds is 2. The van der Waals surface area contributed by atoms with Crippen molar-refractivity contribution in [2.45, 2.75) is 44.7 Å². The number of nitrogens with zero attached hydrogens (tertiary/aromatic N) is 6. The zero-order valence-electron chi connectivity index (χ0n) is 14.8. The van der Waals surface area contributed by atoms with E-state index in [9.17, 15) is 18.0 Å². The van der Waals surface area contributed by atoms with Crippen molar-refractivity contribution in [2.75, 3.05) is 6.54 Å². The van der Waals surface area contributed by atoms with Gasteiger partial charge in [0.05, 0.1) is 34.9 Å². The molecule has 2 aromatic rings.